The summed E-state index contributed by atoms with van der Waals surface area (Å²) in [4.78, 5) is 12.1. The smallest absolute Gasteiger partial charge is 0.382 e. The number of hydrogen-bond acceptors (Lipinski definition) is 10. The molecule has 0 bridgehead atoms. The Balaban J connectivity index is 1.62. The molecule has 0 amide bonds. The van der Waals surface area contributed by atoms with Crippen molar-refractivity contribution >= 4 is 11.0 Å². The van der Waals surface area contributed by atoms with E-state index >= 15 is 0 Å². The van der Waals surface area contributed by atoms with Crippen molar-refractivity contribution in [2.24, 2.45) is 0 Å². The molecule has 5 N–H and O–H groups in total. The Kier molecular flexibility index (Phi) is 6.31. The fraction of sp³-hybridized carbons (Fsp3) is 0.318. The molecule has 0 aliphatic carbocycles. The minimum atomic E-state index is -1.72. The summed E-state index contributed by atoms with van der Waals surface area (Å²) in [6, 6.07) is 13.9. The molecule has 10 nitrogen and oxygen atoms in total. The first-order chi connectivity index (χ1) is 15.4. The van der Waals surface area contributed by atoms with E-state index in [1.165, 1.54) is 12.1 Å². The molecule has 32 heavy (non-hydrogen) atoms. The van der Waals surface area contributed by atoms with Gasteiger partial charge in [-0.05, 0) is 17.7 Å². The largest absolute Gasteiger partial charge is 0.499 e. The summed E-state index contributed by atoms with van der Waals surface area (Å²) < 4.78 is 21.6. The Labute approximate surface area is 181 Å². The van der Waals surface area contributed by atoms with Crippen molar-refractivity contribution < 1.29 is 44.2 Å². The van der Waals surface area contributed by atoms with Gasteiger partial charge in [-0.2, -0.15) is 0 Å². The van der Waals surface area contributed by atoms with Gasteiger partial charge in [0, 0.05) is 6.07 Å². The summed E-state index contributed by atoms with van der Waals surface area (Å²) in [5.41, 5.74) is -0.123. The summed E-state index contributed by atoms with van der Waals surface area (Å²) in [5.74, 6) is -0.823. The van der Waals surface area contributed by atoms with Crippen molar-refractivity contribution in [2.45, 2.75) is 37.3 Å². The highest BCUT2D eigenvalue weighted by Crippen LogP contribution is 2.36. The number of aliphatic hydroxyl groups excluding tert-OH is 4. The fourth-order valence-electron chi connectivity index (χ4n) is 3.37. The lowest BCUT2D eigenvalue weighted by Crippen LogP contribution is -2.60. The van der Waals surface area contributed by atoms with Crippen molar-refractivity contribution in [3.63, 3.8) is 0 Å². The molecular weight excluding hydrogens is 424 g/mol. The van der Waals surface area contributed by atoms with Crippen molar-refractivity contribution in [1.29, 1.82) is 0 Å². The normalized spacial score (nSPS) is 25.6. The number of fused-ring (bicyclic) bond motifs is 1. The van der Waals surface area contributed by atoms with Crippen LogP contribution in [-0.4, -0.2) is 62.8 Å². The maximum Gasteiger partial charge on any atom is 0.382 e. The van der Waals surface area contributed by atoms with Crippen LogP contribution in [0, 0.1) is 0 Å². The number of ether oxygens (including phenoxy) is 3. The van der Waals surface area contributed by atoms with Gasteiger partial charge in [-0.3, -0.25) is 0 Å². The average molecular weight is 446 g/mol. The molecule has 1 aliphatic heterocycles. The maximum atomic E-state index is 12.1. The van der Waals surface area contributed by atoms with Crippen LogP contribution in [0.3, 0.4) is 0 Å². The van der Waals surface area contributed by atoms with E-state index in [1.807, 2.05) is 30.3 Å². The monoisotopic (exact) mass is 446 g/mol. The third-order valence-electron chi connectivity index (χ3n) is 5.14. The Morgan fingerprint density at radius 2 is 1.72 bits per heavy atom. The maximum absolute atomic E-state index is 12.1. The van der Waals surface area contributed by atoms with E-state index < -0.39 is 48.7 Å². The summed E-state index contributed by atoms with van der Waals surface area (Å²) in [7, 11) is 0. The van der Waals surface area contributed by atoms with Crippen molar-refractivity contribution in [2.75, 3.05) is 6.61 Å². The highest BCUT2D eigenvalue weighted by molar-refractivity contribution is 5.86. The van der Waals surface area contributed by atoms with E-state index in [0.717, 1.165) is 5.56 Å². The fourth-order valence-corrected chi connectivity index (χ4v) is 3.37. The topological polar surface area (TPSA) is 159 Å². The van der Waals surface area contributed by atoms with Crippen molar-refractivity contribution in [3.05, 3.63) is 64.5 Å². The van der Waals surface area contributed by atoms with E-state index in [4.69, 9.17) is 18.6 Å². The molecule has 0 unspecified atom stereocenters. The second-order valence-corrected chi connectivity index (χ2v) is 7.31. The van der Waals surface area contributed by atoms with Gasteiger partial charge in [0.2, 0.25) is 12.0 Å². The number of rotatable bonds is 6. The number of aromatic hydroxyl groups is 1. The van der Waals surface area contributed by atoms with Crippen LogP contribution in [0.1, 0.15) is 5.56 Å². The number of aliphatic hydroxyl groups is 4. The van der Waals surface area contributed by atoms with E-state index in [-0.39, 0.29) is 23.3 Å². The highest BCUT2D eigenvalue weighted by Gasteiger charge is 2.45. The van der Waals surface area contributed by atoms with Crippen LogP contribution in [0.2, 0.25) is 0 Å². The Morgan fingerprint density at radius 3 is 2.44 bits per heavy atom. The van der Waals surface area contributed by atoms with Crippen LogP contribution < -0.4 is 15.1 Å². The molecule has 2 heterocycles. The Bertz CT molecular complexity index is 1130. The minimum absolute atomic E-state index is 0.0398. The van der Waals surface area contributed by atoms with Gasteiger partial charge >= 0.3 is 5.63 Å². The quantitative estimate of drug-likeness (QED) is 0.332. The van der Waals surface area contributed by atoms with Gasteiger partial charge in [-0.1, -0.05) is 30.3 Å². The van der Waals surface area contributed by atoms with E-state index in [0.29, 0.717) is 5.75 Å². The molecule has 3 aromatic rings. The minimum Gasteiger partial charge on any atom is -0.499 e. The van der Waals surface area contributed by atoms with Crippen LogP contribution in [-0.2, 0) is 11.3 Å². The first kappa shape index (κ1) is 22.1. The second kappa shape index (κ2) is 9.15. The molecule has 0 radical (unpaired) electrons. The molecular formula is C22H22O10. The highest BCUT2D eigenvalue weighted by atomic mass is 16.7. The lowest BCUT2D eigenvalue weighted by molar-refractivity contribution is -0.277. The zero-order valence-electron chi connectivity index (χ0n) is 16.7. The molecule has 1 saturated heterocycles. The standard InChI is InChI=1S/C22H22O10/c23-9-15-16(24)17(25)18(26)22(31-15)32-20-13-7-6-12(8-14(13)30-21(28)19(20)27)29-10-11-4-2-1-3-5-11/h1-8,15-18,22-27H,9-10H2/t15-,16+,17+,18-,22+/m1/s1. The summed E-state index contributed by atoms with van der Waals surface area (Å²) >= 11 is 0. The van der Waals surface area contributed by atoms with Crippen LogP contribution in [0.15, 0.2) is 57.7 Å². The van der Waals surface area contributed by atoms with Gasteiger partial charge in [-0.15, -0.1) is 0 Å². The average Bonchev–Trinajstić information content (AvgIpc) is 2.81. The molecule has 2 aromatic carbocycles. The van der Waals surface area contributed by atoms with Gasteiger partial charge in [-0.25, -0.2) is 4.79 Å². The predicted octanol–water partition coefficient (Wildman–Crippen LogP) is 0.256. The number of hydrogen-bond donors (Lipinski definition) is 5. The second-order valence-electron chi connectivity index (χ2n) is 7.31. The molecule has 170 valence electrons. The van der Waals surface area contributed by atoms with Gasteiger partial charge in [0.05, 0.1) is 12.0 Å². The van der Waals surface area contributed by atoms with Gasteiger partial charge in [0.15, 0.2) is 5.75 Å². The van der Waals surface area contributed by atoms with Gasteiger partial charge in [0.1, 0.15) is 42.4 Å². The van der Waals surface area contributed by atoms with Crippen molar-refractivity contribution in [1.82, 2.24) is 0 Å². The van der Waals surface area contributed by atoms with Gasteiger partial charge < -0.3 is 44.2 Å². The Hall–Kier alpha value is -3.15. The first-order valence-electron chi connectivity index (χ1n) is 9.82. The van der Waals surface area contributed by atoms with Crippen LogP contribution in [0.25, 0.3) is 11.0 Å². The van der Waals surface area contributed by atoms with E-state index in [1.54, 1.807) is 6.07 Å². The molecule has 5 atom stereocenters. The number of benzene rings is 2. The molecule has 1 aromatic heterocycles. The van der Waals surface area contributed by atoms with Crippen LogP contribution in [0.5, 0.6) is 17.2 Å². The summed E-state index contributed by atoms with van der Waals surface area (Å²) in [6.07, 6.45) is -7.79. The Morgan fingerprint density at radius 1 is 0.969 bits per heavy atom. The molecule has 0 saturated carbocycles. The van der Waals surface area contributed by atoms with Crippen LogP contribution in [0.4, 0.5) is 0 Å². The lowest BCUT2D eigenvalue weighted by Gasteiger charge is -2.39. The van der Waals surface area contributed by atoms with Gasteiger partial charge in [0.25, 0.3) is 0 Å². The summed E-state index contributed by atoms with van der Waals surface area (Å²) in [5, 5.41) is 49.7. The lowest BCUT2D eigenvalue weighted by atomic mass is 9.99. The molecule has 4 rings (SSSR count). The molecule has 1 fully saturated rings. The third-order valence-corrected chi connectivity index (χ3v) is 5.14. The third kappa shape index (κ3) is 4.27. The molecule has 1 aliphatic rings. The first-order valence-corrected chi connectivity index (χ1v) is 9.82. The molecule has 10 heteroatoms. The zero-order chi connectivity index (χ0) is 22.8. The van der Waals surface area contributed by atoms with Crippen molar-refractivity contribution in [3.8, 4) is 17.2 Å². The van der Waals surface area contributed by atoms with E-state index in [2.05, 4.69) is 0 Å². The van der Waals surface area contributed by atoms with E-state index in [9.17, 15) is 30.3 Å². The summed E-state index contributed by atoms with van der Waals surface area (Å²) in [6.45, 7) is -0.376. The molecule has 0 spiro atoms. The zero-order valence-corrected chi connectivity index (χ0v) is 16.7. The van der Waals surface area contributed by atoms with Crippen LogP contribution >= 0.6 is 0 Å². The SMILES string of the molecule is O=c1oc2cc(OCc3ccccc3)ccc2c(O[C@@H]2O[C@H](CO)[C@H](O)[C@H](O)[C@H]2O)c1O. The predicted molar refractivity (Wildman–Crippen MR) is 109 cm³/mol.